The molecular formula is C22H37B. The smallest absolute Gasteiger partial charge is 0.0614 e. The van der Waals surface area contributed by atoms with Gasteiger partial charge in [0.1, 0.15) is 6.71 Å². The highest BCUT2D eigenvalue weighted by atomic mass is 14.5. The fourth-order valence-electron chi connectivity index (χ4n) is 8.67. The molecule has 1 heteroatoms. The Kier molecular flexibility index (Phi) is 4.28. The average Bonchev–Trinajstić information content (AvgIpc) is 2.96. The molecule has 0 N–H and O–H groups in total. The highest BCUT2D eigenvalue weighted by Crippen LogP contribution is 2.64. The highest BCUT2D eigenvalue weighted by Gasteiger charge is 2.55. The lowest BCUT2D eigenvalue weighted by atomic mass is 9.26. The summed E-state index contributed by atoms with van der Waals surface area (Å²) >= 11 is 0. The van der Waals surface area contributed by atoms with Gasteiger partial charge in [0.25, 0.3) is 0 Å². The fraction of sp³-hybridized carbons (Fsp3) is 1.00. The molecule has 0 aromatic carbocycles. The SMILES string of the molecule is C1CCC2CC(B3C4CCCCC4C4CCCCC34)CCC2C1. The highest BCUT2D eigenvalue weighted by molar-refractivity contribution is 6.64. The largest absolute Gasteiger partial charge is 0.150 e. The third-order valence-electron chi connectivity index (χ3n) is 9.41. The summed E-state index contributed by atoms with van der Waals surface area (Å²) in [6.07, 6.45) is 23.9. The van der Waals surface area contributed by atoms with E-state index < -0.39 is 0 Å². The Hall–Kier alpha value is 0.0649. The molecule has 1 aliphatic heterocycles. The average molecular weight is 312 g/mol. The fourth-order valence-corrected chi connectivity index (χ4v) is 8.67. The van der Waals surface area contributed by atoms with Crippen LogP contribution >= 0.6 is 0 Å². The van der Waals surface area contributed by atoms with Gasteiger partial charge in [-0.3, -0.25) is 0 Å². The molecule has 1 saturated heterocycles. The van der Waals surface area contributed by atoms with Crippen molar-refractivity contribution in [2.75, 3.05) is 0 Å². The lowest BCUT2D eigenvalue weighted by Gasteiger charge is -2.43. The molecule has 4 saturated carbocycles. The van der Waals surface area contributed by atoms with Crippen molar-refractivity contribution in [2.45, 2.75) is 114 Å². The van der Waals surface area contributed by atoms with E-state index >= 15 is 0 Å². The van der Waals surface area contributed by atoms with Crippen molar-refractivity contribution in [1.29, 1.82) is 0 Å². The van der Waals surface area contributed by atoms with Crippen LogP contribution in [0.4, 0.5) is 0 Å². The molecule has 0 bridgehead atoms. The van der Waals surface area contributed by atoms with Crippen molar-refractivity contribution >= 4 is 6.71 Å². The predicted molar refractivity (Wildman–Crippen MR) is 100 cm³/mol. The summed E-state index contributed by atoms with van der Waals surface area (Å²) in [4.78, 5) is 0. The first-order valence-electron chi connectivity index (χ1n) is 11.4. The normalized spacial score (nSPS) is 50.1. The Morgan fingerprint density at radius 2 is 1.04 bits per heavy atom. The first kappa shape index (κ1) is 15.3. The van der Waals surface area contributed by atoms with Crippen molar-refractivity contribution in [1.82, 2.24) is 0 Å². The molecule has 5 fully saturated rings. The van der Waals surface area contributed by atoms with E-state index in [4.69, 9.17) is 0 Å². The molecule has 128 valence electrons. The maximum absolute atomic E-state index is 1.65. The molecule has 0 radical (unpaired) electrons. The Labute approximate surface area is 144 Å². The molecule has 5 rings (SSSR count). The summed E-state index contributed by atoms with van der Waals surface area (Å²) in [7, 11) is 0. The third kappa shape index (κ3) is 2.63. The Bertz CT molecular complexity index is 396. The van der Waals surface area contributed by atoms with E-state index in [-0.39, 0.29) is 0 Å². The van der Waals surface area contributed by atoms with Gasteiger partial charge in [-0.1, -0.05) is 114 Å². The Morgan fingerprint density at radius 3 is 1.74 bits per heavy atom. The number of fused-ring (bicyclic) bond motifs is 4. The van der Waals surface area contributed by atoms with E-state index in [1.807, 2.05) is 0 Å². The second-order valence-electron chi connectivity index (χ2n) is 10.2. The van der Waals surface area contributed by atoms with Gasteiger partial charge in [0.2, 0.25) is 0 Å². The summed E-state index contributed by atoms with van der Waals surface area (Å²) in [5.41, 5.74) is 0. The first-order valence-corrected chi connectivity index (χ1v) is 11.4. The van der Waals surface area contributed by atoms with Crippen molar-refractivity contribution in [3.63, 3.8) is 0 Å². The summed E-state index contributed by atoms with van der Waals surface area (Å²) < 4.78 is 0. The molecule has 7 atom stereocenters. The van der Waals surface area contributed by atoms with Crippen LogP contribution in [0.2, 0.25) is 17.5 Å². The maximum atomic E-state index is 1.65. The van der Waals surface area contributed by atoms with Crippen molar-refractivity contribution in [3.05, 3.63) is 0 Å². The zero-order valence-corrected chi connectivity index (χ0v) is 15.2. The third-order valence-corrected chi connectivity index (χ3v) is 9.41. The van der Waals surface area contributed by atoms with Crippen LogP contribution in [0, 0.1) is 23.7 Å². The van der Waals surface area contributed by atoms with Crippen LogP contribution in [0.25, 0.3) is 0 Å². The lowest BCUT2D eigenvalue weighted by molar-refractivity contribution is 0.169. The molecule has 4 aliphatic carbocycles. The van der Waals surface area contributed by atoms with E-state index in [1.165, 1.54) is 30.2 Å². The van der Waals surface area contributed by atoms with Gasteiger partial charge < -0.3 is 0 Å². The van der Waals surface area contributed by atoms with Crippen molar-refractivity contribution < 1.29 is 0 Å². The second-order valence-corrected chi connectivity index (χ2v) is 10.2. The molecule has 7 unspecified atom stereocenters. The van der Waals surface area contributed by atoms with Gasteiger partial charge in [0, 0.05) is 0 Å². The summed E-state index contributed by atoms with van der Waals surface area (Å²) in [5.74, 6) is 8.11. The van der Waals surface area contributed by atoms with Crippen LogP contribution in [-0.2, 0) is 0 Å². The minimum absolute atomic E-state index is 1.14. The van der Waals surface area contributed by atoms with Crippen LogP contribution < -0.4 is 0 Å². The summed E-state index contributed by atoms with van der Waals surface area (Å²) in [6.45, 7) is 1.17. The van der Waals surface area contributed by atoms with Gasteiger partial charge in [-0.15, -0.1) is 0 Å². The van der Waals surface area contributed by atoms with Crippen LogP contribution in [0.1, 0.15) is 96.3 Å². The van der Waals surface area contributed by atoms with Crippen LogP contribution in [0.3, 0.4) is 0 Å². The molecule has 5 aliphatic rings. The number of rotatable bonds is 1. The summed E-state index contributed by atoms with van der Waals surface area (Å²) in [6, 6.07) is 0. The van der Waals surface area contributed by atoms with Gasteiger partial charge in [0.05, 0.1) is 0 Å². The zero-order chi connectivity index (χ0) is 15.2. The van der Waals surface area contributed by atoms with Crippen LogP contribution in [0.5, 0.6) is 0 Å². The minimum atomic E-state index is 1.14. The molecule has 23 heavy (non-hydrogen) atoms. The van der Waals surface area contributed by atoms with E-state index in [9.17, 15) is 0 Å². The minimum Gasteiger partial charge on any atom is -0.0614 e. The van der Waals surface area contributed by atoms with Gasteiger partial charge in [-0.05, 0) is 23.7 Å². The van der Waals surface area contributed by atoms with E-state index in [2.05, 4.69) is 0 Å². The molecule has 0 spiro atoms. The molecule has 0 nitrogen and oxygen atoms in total. The maximum Gasteiger partial charge on any atom is 0.150 e. The van der Waals surface area contributed by atoms with Crippen molar-refractivity contribution in [3.8, 4) is 0 Å². The zero-order valence-electron chi connectivity index (χ0n) is 15.2. The number of hydrogen-bond donors (Lipinski definition) is 0. The van der Waals surface area contributed by atoms with Crippen molar-refractivity contribution in [2.24, 2.45) is 23.7 Å². The topological polar surface area (TPSA) is 0 Å². The molecule has 0 aromatic heterocycles. The van der Waals surface area contributed by atoms with Crippen LogP contribution in [0.15, 0.2) is 0 Å². The first-order chi connectivity index (χ1) is 11.4. The van der Waals surface area contributed by atoms with Gasteiger partial charge >= 0.3 is 0 Å². The molecule has 0 aromatic rings. The standard InChI is InChI=1S/C22H37B/c1-2-8-17-15-18(14-13-16(17)7-1)23-21-11-5-3-9-19(21)20-10-4-6-12-22(20)23/h16-22H,1-15H2. The molecule has 0 amide bonds. The molecular weight excluding hydrogens is 275 g/mol. The van der Waals surface area contributed by atoms with E-state index in [1.54, 1.807) is 96.3 Å². The molecule has 1 heterocycles. The van der Waals surface area contributed by atoms with E-state index in [0.717, 1.165) is 17.7 Å². The Balaban J connectivity index is 1.37. The van der Waals surface area contributed by atoms with Gasteiger partial charge in [-0.2, -0.15) is 0 Å². The number of hydrogen-bond acceptors (Lipinski definition) is 0. The quantitative estimate of drug-likeness (QED) is 0.458. The lowest BCUT2D eigenvalue weighted by Crippen LogP contribution is -2.36. The predicted octanol–water partition coefficient (Wildman–Crippen LogP) is 6.98. The van der Waals surface area contributed by atoms with Crippen LogP contribution in [-0.4, -0.2) is 6.71 Å². The Morgan fingerprint density at radius 1 is 0.478 bits per heavy atom. The monoisotopic (exact) mass is 312 g/mol. The van der Waals surface area contributed by atoms with Gasteiger partial charge in [-0.25, -0.2) is 0 Å². The van der Waals surface area contributed by atoms with E-state index in [0.29, 0.717) is 0 Å². The second kappa shape index (κ2) is 6.42. The summed E-state index contributed by atoms with van der Waals surface area (Å²) in [5, 5.41) is 0. The van der Waals surface area contributed by atoms with Gasteiger partial charge in [0.15, 0.2) is 0 Å².